The normalized spacial score (nSPS) is 10.5. The summed E-state index contributed by atoms with van der Waals surface area (Å²) in [6, 6.07) is 8.67. The number of hydrogen-bond acceptors (Lipinski definition) is 3. The van der Waals surface area contributed by atoms with Gasteiger partial charge in [-0.1, -0.05) is 6.07 Å². The van der Waals surface area contributed by atoms with Crippen LogP contribution >= 0.6 is 0 Å². The Morgan fingerprint density at radius 1 is 0.885 bits per heavy atom. The lowest BCUT2D eigenvalue weighted by Crippen LogP contribution is -2.14. The first-order valence-corrected chi connectivity index (χ1v) is 7.36. The Labute approximate surface area is 145 Å². The van der Waals surface area contributed by atoms with Crippen LogP contribution in [0, 0.1) is 23.3 Å². The Balaban J connectivity index is 1.79. The smallest absolute Gasteiger partial charge is 0.257 e. The fourth-order valence-corrected chi connectivity index (χ4v) is 2.18. The third-order valence-electron chi connectivity index (χ3n) is 3.40. The molecule has 132 valence electrons. The van der Waals surface area contributed by atoms with E-state index >= 15 is 0 Å². The molecule has 0 aliphatic carbocycles. The number of nitrogens with one attached hydrogen (secondary N) is 2. The lowest BCUT2D eigenvalue weighted by atomic mass is 10.2. The third-order valence-corrected chi connectivity index (χ3v) is 3.40. The Morgan fingerprint density at radius 3 is 2.46 bits per heavy atom. The zero-order valence-corrected chi connectivity index (χ0v) is 13.1. The van der Waals surface area contributed by atoms with E-state index in [-0.39, 0.29) is 5.56 Å². The van der Waals surface area contributed by atoms with Crippen molar-refractivity contribution >= 4 is 23.0 Å². The van der Waals surface area contributed by atoms with Crippen LogP contribution < -0.4 is 10.6 Å². The van der Waals surface area contributed by atoms with Gasteiger partial charge in [0.2, 0.25) is 0 Å². The van der Waals surface area contributed by atoms with Gasteiger partial charge in [-0.25, -0.2) is 17.6 Å². The van der Waals surface area contributed by atoms with Crippen molar-refractivity contribution in [3.8, 4) is 0 Å². The molecule has 1 amide bonds. The SMILES string of the molecule is O=C(Nc1ccc(F)c(F)c1F)c1cncc(Nc2cccc(F)c2)c1. The molecule has 2 N–H and O–H groups in total. The van der Waals surface area contributed by atoms with E-state index in [4.69, 9.17) is 0 Å². The lowest BCUT2D eigenvalue weighted by molar-refractivity contribution is 0.102. The van der Waals surface area contributed by atoms with Crippen LogP contribution in [0.1, 0.15) is 10.4 Å². The van der Waals surface area contributed by atoms with Gasteiger partial charge in [-0.2, -0.15) is 0 Å². The molecule has 8 heteroatoms. The third kappa shape index (κ3) is 3.80. The molecule has 1 heterocycles. The van der Waals surface area contributed by atoms with Crippen LogP contribution in [0.4, 0.5) is 34.6 Å². The fraction of sp³-hybridized carbons (Fsp3) is 0. The number of aromatic nitrogens is 1. The van der Waals surface area contributed by atoms with E-state index in [0.29, 0.717) is 17.4 Å². The molecule has 2 aromatic carbocycles. The van der Waals surface area contributed by atoms with E-state index < -0.39 is 34.9 Å². The molecule has 0 unspecified atom stereocenters. The molecule has 4 nitrogen and oxygen atoms in total. The van der Waals surface area contributed by atoms with Crippen LogP contribution in [0.15, 0.2) is 54.9 Å². The van der Waals surface area contributed by atoms with Gasteiger partial charge in [-0.15, -0.1) is 0 Å². The highest BCUT2D eigenvalue weighted by Gasteiger charge is 2.16. The molecule has 0 radical (unpaired) electrons. The maximum atomic E-state index is 13.6. The molecule has 0 bridgehead atoms. The maximum absolute atomic E-state index is 13.6. The van der Waals surface area contributed by atoms with Gasteiger partial charge >= 0.3 is 0 Å². The van der Waals surface area contributed by atoms with E-state index in [9.17, 15) is 22.4 Å². The molecule has 0 saturated heterocycles. The summed E-state index contributed by atoms with van der Waals surface area (Å²) in [4.78, 5) is 16.1. The predicted octanol–water partition coefficient (Wildman–Crippen LogP) is 4.63. The van der Waals surface area contributed by atoms with Crippen molar-refractivity contribution in [1.29, 1.82) is 0 Å². The Hall–Kier alpha value is -3.42. The van der Waals surface area contributed by atoms with Crippen molar-refractivity contribution in [2.75, 3.05) is 10.6 Å². The first kappa shape index (κ1) is 17.4. The number of hydrogen-bond donors (Lipinski definition) is 2. The molecule has 26 heavy (non-hydrogen) atoms. The standard InChI is InChI=1S/C18H11F4N3O/c19-11-2-1-3-12(7-11)24-13-6-10(8-23-9-13)18(26)25-15-5-4-14(20)16(21)17(15)22/h1-9,24H,(H,25,26). The van der Waals surface area contributed by atoms with Crippen molar-refractivity contribution in [1.82, 2.24) is 4.98 Å². The minimum Gasteiger partial charge on any atom is -0.354 e. The highest BCUT2D eigenvalue weighted by molar-refractivity contribution is 6.04. The largest absolute Gasteiger partial charge is 0.354 e. The molecular formula is C18H11F4N3O. The van der Waals surface area contributed by atoms with Crippen LogP contribution in [0.2, 0.25) is 0 Å². The van der Waals surface area contributed by atoms with Crippen LogP contribution in [0.3, 0.4) is 0 Å². The van der Waals surface area contributed by atoms with Crippen LogP contribution in [-0.4, -0.2) is 10.9 Å². The number of carbonyl (C=O) groups is 1. The number of rotatable bonds is 4. The fourth-order valence-electron chi connectivity index (χ4n) is 2.18. The average molecular weight is 361 g/mol. The van der Waals surface area contributed by atoms with Gasteiger partial charge in [0, 0.05) is 11.9 Å². The van der Waals surface area contributed by atoms with Crippen LogP contribution in [0.25, 0.3) is 0 Å². The molecule has 0 saturated carbocycles. The molecule has 0 aliphatic heterocycles. The van der Waals surface area contributed by atoms with Gasteiger partial charge in [0.25, 0.3) is 5.91 Å². The second-order valence-corrected chi connectivity index (χ2v) is 5.27. The summed E-state index contributed by atoms with van der Waals surface area (Å²) in [6.07, 6.45) is 2.61. The lowest BCUT2D eigenvalue weighted by Gasteiger charge is -2.09. The molecule has 0 aliphatic rings. The second-order valence-electron chi connectivity index (χ2n) is 5.27. The summed E-state index contributed by atoms with van der Waals surface area (Å²) in [5.41, 5.74) is 0.359. The Morgan fingerprint density at radius 2 is 1.69 bits per heavy atom. The zero-order chi connectivity index (χ0) is 18.7. The van der Waals surface area contributed by atoms with E-state index in [1.54, 1.807) is 6.07 Å². The number of anilines is 3. The van der Waals surface area contributed by atoms with Crippen molar-refractivity contribution < 1.29 is 22.4 Å². The summed E-state index contributed by atoms with van der Waals surface area (Å²) >= 11 is 0. The highest BCUT2D eigenvalue weighted by Crippen LogP contribution is 2.21. The average Bonchev–Trinajstić information content (AvgIpc) is 2.62. The Bertz CT molecular complexity index is 978. The molecule has 3 aromatic rings. The highest BCUT2D eigenvalue weighted by atomic mass is 19.2. The molecule has 0 spiro atoms. The van der Waals surface area contributed by atoms with Crippen molar-refractivity contribution in [3.05, 3.63) is 83.7 Å². The van der Waals surface area contributed by atoms with Crippen molar-refractivity contribution in [2.45, 2.75) is 0 Å². The van der Waals surface area contributed by atoms with Gasteiger partial charge in [-0.3, -0.25) is 9.78 Å². The Kier molecular flexibility index (Phi) is 4.83. The number of amides is 1. The first-order valence-electron chi connectivity index (χ1n) is 7.36. The number of benzene rings is 2. The van der Waals surface area contributed by atoms with Gasteiger partial charge in [0.05, 0.1) is 23.1 Å². The van der Waals surface area contributed by atoms with Gasteiger partial charge in [-0.05, 0) is 36.4 Å². The topological polar surface area (TPSA) is 54.0 Å². The molecule has 1 aromatic heterocycles. The predicted molar refractivity (Wildman–Crippen MR) is 88.2 cm³/mol. The van der Waals surface area contributed by atoms with Crippen molar-refractivity contribution in [3.63, 3.8) is 0 Å². The minimum absolute atomic E-state index is 0.0375. The zero-order valence-electron chi connectivity index (χ0n) is 13.1. The summed E-state index contributed by atoms with van der Waals surface area (Å²) in [7, 11) is 0. The van der Waals surface area contributed by atoms with Gasteiger partial charge < -0.3 is 10.6 Å². The first-order chi connectivity index (χ1) is 12.4. The molecular weight excluding hydrogens is 350 g/mol. The monoisotopic (exact) mass is 361 g/mol. The quantitative estimate of drug-likeness (QED) is 0.526. The number of carbonyl (C=O) groups excluding carboxylic acids is 1. The van der Waals surface area contributed by atoms with Crippen LogP contribution in [-0.2, 0) is 0 Å². The maximum Gasteiger partial charge on any atom is 0.257 e. The second kappa shape index (κ2) is 7.22. The van der Waals surface area contributed by atoms with E-state index in [1.165, 1.54) is 36.7 Å². The summed E-state index contributed by atoms with van der Waals surface area (Å²) in [6.45, 7) is 0. The minimum atomic E-state index is -1.68. The number of nitrogens with zero attached hydrogens (tertiary/aromatic N) is 1. The van der Waals surface area contributed by atoms with E-state index in [2.05, 4.69) is 15.6 Å². The number of halogens is 4. The summed E-state index contributed by atoms with van der Waals surface area (Å²) in [5, 5.41) is 5.01. The van der Waals surface area contributed by atoms with Crippen molar-refractivity contribution in [2.24, 2.45) is 0 Å². The molecule has 0 atom stereocenters. The molecule has 0 fully saturated rings. The number of pyridine rings is 1. The molecule has 3 rings (SSSR count). The van der Waals surface area contributed by atoms with E-state index in [0.717, 1.165) is 6.07 Å². The van der Waals surface area contributed by atoms with E-state index in [1.807, 2.05) is 0 Å². The van der Waals surface area contributed by atoms with Gasteiger partial charge in [0.15, 0.2) is 17.5 Å². The van der Waals surface area contributed by atoms with Gasteiger partial charge in [0.1, 0.15) is 5.82 Å². The summed E-state index contributed by atoms with van der Waals surface area (Å²) in [5.74, 6) is -5.75. The van der Waals surface area contributed by atoms with Crippen LogP contribution in [0.5, 0.6) is 0 Å². The summed E-state index contributed by atoms with van der Waals surface area (Å²) < 4.78 is 53.0.